The van der Waals surface area contributed by atoms with E-state index in [1.165, 1.54) is 5.56 Å². The number of piperazine rings is 1. The minimum atomic E-state index is 0.0915. The molecule has 0 N–H and O–H groups in total. The van der Waals surface area contributed by atoms with Crippen LogP contribution in [0.4, 0.5) is 5.69 Å². The molecule has 5 rings (SSSR count). The van der Waals surface area contributed by atoms with Crippen LogP contribution in [0.1, 0.15) is 41.7 Å². The number of hydrogen-bond donors (Lipinski definition) is 0. The summed E-state index contributed by atoms with van der Waals surface area (Å²) >= 11 is 6.11. The van der Waals surface area contributed by atoms with Crippen molar-refractivity contribution in [3.8, 4) is 6.07 Å². The summed E-state index contributed by atoms with van der Waals surface area (Å²) in [5.41, 5.74) is 3.84. The van der Waals surface area contributed by atoms with Gasteiger partial charge in [0.25, 0.3) is 0 Å². The van der Waals surface area contributed by atoms with Crippen molar-refractivity contribution in [3.05, 3.63) is 82.9 Å². The highest BCUT2D eigenvalue weighted by Gasteiger charge is 2.35. The second-order valence-electron chi connectivity index (χ2n) is 8.06. The van der Waals surface area contributed by atoms with Gasteiger partial charge in [-0.05, 0) is 48.7 Å². The van der Waals surface area contributed by atoms with Gasteiger partial charge in [0.2, 0.25) is 5.91 Å². The second-order valence-corrected chi connectivity index (χ2v) is 8.50. The molecule has 1 aromatic heterocycles. The minimum absolute atomic E-state index is 0.0915. The molecule has 2 aliphatic rings. The average Bonchev–Trinajstić information content (AvgIpc) is 3.28. The molecule has 2 aromatic carbocycles. The molecule has 156 valence electrons. The van der Waals surface area contributed by atoms with Crippen molar-refractivity contribution in [2.45, 2.75) is 24.9 Å². The van der Waals surface area contributed by atoms with Gasteiger partial charge in [-0.25, -0.2) is 4.98 Å². The molecule has 6 nitrogen and oxygen atoms in total. The third kappa shape index (κ3) is 3.71. The van der Waals surface area contributed by atoms with Crippen molar-refractivity contribution in [1.82, 2.24) is 14.5 Å². The first-order chi connectivity index (χ1) is 15.1. The second kappa shape index (κ2) is 8.18. The van der Waals surface area contributed by atoms with Gasteiger partial charge in [0.05, 0.1) is 42.3 Å². The summed E-state index contributed by atoms with van der Waals surface area (Å²) in [5, 5.41) is 9.70. The maximum Gasteiger partial charge on any atom is 0.241 e. The van der Waals surface area contributed by atoms with Crippen molar-refractivity contribution in [2.24, 2.45) is 0 Å². The molecule has 1 saturated heterocycles. The van der Waals surface area contributed by atoms with Crippen LogP contribution in [0.3, 0.4) is 0 Å². The zero-order valence-corrected chi connectivity index (χ0v) is 17.7. The molecule has 2 aliphatic heterocycles. The lowest BCUT2D eigenvalue weighted by atomic mass is 9.92. The molecule has 3 heterocycles. The lowest BCUT2D eigenvalue weighted by Crippen LogP contribution is -2.52. The summed E-state index contributed by atoms with van der Waals surface area (Å²) in [6.45, 7) is 1.82. The molecule has 0 radical (unpaired) electrons. The highest BCUT2D eigenvalue weighted by Crippen LogP contribution is 2.39. The molecule has 1 amide bonds. The summed E-state index contributed by atoms with van der Waals surface area (Å²) in [6, 6.07) is 17.8. The van der Waals surface area contributed by atoms with Gasteiger partial charge in [-0.2, -0.15) is 5.26 Å². The maximum atomic E-state index is 12.9. The Bertz CT molecular complexity index is 1150. The van der Waals surface area contributed by atoms with Crippen molar-refractivity contribution in [3.63, 3.8) is 0 Å². The van der Waals surface area contributed by atoms with E-state index in [0.29, 0.717) is 23.7 Å². The van der Waals surface area contributed by atoms with E-state index in [0.717, 1.165) is 30.8 Å². The van der Waals surface area contributed by atoms with Gasteiger partial charge in [-0.1, -0.05) is 29.8 Å². The van der Waals surface area contributed by atoms with Gasteiger partial charge in [0.15, 0.2) is 0 Å². The summed E-state index contributed by atoms with van der Waals surface area (Å²) < 4.78 is 2.23. The molecule has 0 bridgehead atoms. The van der Waals surface area contributed by atoms with Crippen LogP contribution in [0, 0.1) is 11.3 Å². The fourth-order valence-electron chi connectivity index (χ4n) is 4.79. The number of carbonyl (C=O) groups excluding carboxylic acids is 1. The zero-order valence-electron chi connectivity index (χ0n) is 17.0. The summed E-state index contributed by atoms with van der Waals surface area (Å²) in [4.78, 5) is 21.5. The van der Waals surface area contributed by atoms with Gasteiger partial charge in [-0.3, -0.25) is 9.69 Å². The van der Waals surface area contributed by atoms with E-state index in [2.05, 4.69) is 20.5 Å². The number of fused-ring (bicyclic) bond motifs is 1. The van der Waals surface area contributed by atoms with E-state index in [9.17, 15) is 4.79 Å². The van der Waals surface area contributed by atoms with Gasteiger partial charge in [0.1, 0.15) is 0 Å². The fourth-order valence-corrected chi connectivity index (χ4v) is 4.97. The van der Waals surface area contributed by atoms with Crippen LogP contribution in [-0.4, -0.2) is 40.0 Å². The largest absolute Gasteiger partial charge is 0.326 e. The zero-order chi connectivity index (χ0) is 21.4. The van der Waals surface area contributed by atoms with E-state index in [-0.39, 0.29) is 18.0 Å². The normalized spacial score (nSPS) is 21.5. The molecule has 1 fully saturated rings. The number of hydrogen-bond acceptors (Lipinski definition) is 4. The highest BCUT2D eigenvalue weighted by molar-refractivity contribution is 6.30. The topological polar surface area (TPSA) is 65.2 Å². The highest BCUT2D eigenvalue weighted by atomic mass is 35.5. The van der Waals surface area contributed by atoms with Gasteiger partial charge >= 0.3 is 0 Å². The van der Waals surface area contributed by atoms with Crippen LogP contribution >= 0.6 is 11.6 Å². The summed E-state index contributed by atoms with van der Waals surface area (Å²) in [5.74, 6) is 0.0915. The Morgan fingerprint density at radius 1 is 1.06 bits per heavy atom. The van der Waals surface area contributed by atoms with E-state index in [1.54, 1.807) is 0 Å². The van der Waals surface area contributed by atoms with Gasteiger partial charge in [-0.15, -0.1) is 0 Å². The lowest BCUT2D eigenvalue weighted by Gasteiger charge is -2.42. The number of rotatable bonds is 3. The van der Waals surface area contributed by atoms with Crippen LogP contribution in [0.5, 0.6) is 0 Å². The Morgan fingerprint density at radius 3 is 2.61 bits per heavy atom. The quantitative estimate of drug-likeness (QED) is 0.624. The number of anilines is 1. The first-order valence-corrected chi connectivity index (χ1v) is 10.8. The molecule has 0 spiro atoms. The molecule has 31 heavy (non-hydrogen) atoms. The van der Waals surface area contributed by atoms with E-state index in [4.69, 9.17) is 16.9 Å². The van der Waals surface area contributed by atoms with Crippen molar-refractivity contribution < 1.29 is 4.79 Å². The molecular weight excluding hydrogens is 410 g/mol. The summed E-state index contributed by atoms with van der Waals surface area (Å²) in [6.07, 6.45) is 5.73. The SMILES string of the molecule is N#Cc1ccc([C@H]2CC[C@H](N3CCN(c4cccc(Cl)c4)C(=O)C3)c3cncn32)cc1. The number of halogens is 1. The molecular formula is C24H22ClN5O. The predicted molar refractivity (Wildman–Crippen MR) is 119 cm³/mol. The fraction of sp³-hybridized carbons (Fsp3) is 0.292. The number of nitrogens with zero attached hydrogens (tertiary/aromatic N) is 5. The molecule has 0 aliphatic carbocycles. The number of carbonyl (C=O) groups is 1. The molecule has 2 atom stereocenters. The van der Waals surface area contributed by atoms with Gasteiger partial charge < -0.3 is 9.47 Å². The van der Waals surface area contributed by atoms with Crippen LogP contribution in [-0.2, 0) is 4.79 Å². The predicted octanol–water partition coefficient (Wildman–Crippen LogP) is 4.18. The Balaban J connectivity index is 1.34. The smallest absolute Gasteiger partial charge is 0.241 e. The van der Waals surface area contributed by atoms with Crippen LogP contribution in [0.15, 0.2) is 61.1 Å². The number of amides is 1. The third-order valence-corrected chi connectivity index (χ3v) is 6.56. The van der Waals surface area contributed by atoms with Crippen molar-refractivity contribution in [2.75, 3.05) is 24.5 Å². The van der Waals surface area contributed by atoms with Crippen LogP contribution in [0.25, 0.3) is 0 Å². The van der Waals surface area contributed by atoms with Crippen molar-refractivity contribution >= 4 is 23.2 Å². The first kappa shape index (κ1) is 19.8. The monoisotopic (exact) mass is 431 g/mol. The number of aromatic nitrogens is 2. The molecule has 3 aromatic rings. The third-order valence-electron chi connectivity index (χ3n) is 6.32. The minimum Gasteiger partial charge on any atom is -0.326 e. The average molecular weight is 432 g/mol. The Morgan fingerprint density at radius 2 is 1.87 bits per heavy atom. The van der Waals surface area contributed by atoms with Gasteiger partial charge in [0, 0.05) is 30.0 Å². The lowest BCUT2D eigenvalue weighted by molar-refractivity contribution is -0.122. The van der Waals surface area contributed by atoms with E-state index in [1.807, 2.05) is 66.0 Å². The Labute approximate surface area is 186 Å². The van der Waals surface area contributed by atoms with Crippen LogP contribution < -0.4 is 4.90 Å². The molecule has 0 saturated carbocycles. The van der Waals surface area contributed by atoms with Crippen molar-refractivity contribution in [1.29, 1.82) is 5.26 Å². The molecule has 0 unspecified atom stereocenters. The first-order valence-electron chi connectivity index (χ1n) is 10.5. The number of benzene rings is 2. The Hall–Kier alpha value is -3.14. The van der Waals surface area contributed by atoms with Crippen LogP contribution in [0.2, 0.25) is 5.02 Å². The maximum absolute atomic E-state index is 12.9. The number of nitriles is 1. The number of imidazole rings is 1. The summed E-state index contributed by atoms with van der Waals surface area (Å²) in [7, 11) is 0. The van der Waals surface area contributed by atoms with E-state index >= 15 is 0 Å². The standard InChI is InChI=1S/C24H22ClN5O/c25-19-2-1-3-20(12-19)29-11-10-28(15-24(29)31)22-9-8-21(30-16-27-14-23(22)30)18-6-4-17(13-26)5-7-18/h1-7,12,14,16,21-22H,8-11,15H2/t21-,22+/m1/s1. The molecule has 7 heteroatoms. The van der Waals surface area contributed by atoms with E-state index < -0.39 is 0 Å². The Kier molecular flexibility index (Phi) is 5.23.